The lowest BCUT2D eigenvalue weighted by molar-refractivity contribution is -0.146. The lowest BCUT2D eigenvalue weighted by Crippen LogP contribution is -2.55. The van der Waals surface area contributed by atoms with Crippen LogP contribution in [0.3, 0.4) is 0 Å². The van der Waals surface area contributed by atoms with Crippen molar-refractivity contribution in [3.8, 4) is 0 Å². The average molecular weight is 273 g/mol. The van der Waals surface area contributed by atoms with Gasteiger partial charge in [-0.05, 0) is 31.9 Å². The van der Waals surface area contributed by atoms with E-state index in [1.807, 2.05) is 6.92 Å². The van der Waals surface area contributed by atoms with Crippen molar-refractivity contribution in [2.24, 2.45) is 5.92 Å². The van der Waals surface area contributed by atoms with E-state index in [9.17, 15) is 14.7 Å². The molecule has 0 spiro atoms. The molecule has 0 aromatic heterocycles. The van der Waals surface area contributed by atoms with E-state index in [0.717, 1.165) is 31.4 Å². The highest BCUT2D eigenvalue weighted by molar-refractivity contribution is 7.99. The van der Waals surface area contributed by atoms with Gasteiger partial charge in [-0.3, -0.25) is 9.59 Å². The summed E-state index contributed by atoms with van der Waals surface area (Å²) in [5.41, 5.74) is -0.575. The van der Waals surface area contributed by atoms with Crippen molar-refractivity contribution in [2.45, 2.75) is 51.5 Å². The number of rotatable bonds is 6. The molecule has 0 aliphatic heterocycles. The van der Waals surface area contributed by atoms with Gasteiger partial charge >= 0.3 is 5.97 Å². The number of hydrogen-bond donors (Lipinski definition) is 2. The van der Waals surface area contributed by atoms with Crippen LogP contribution in [0.15, 0.2) is 0 Å². The molecule has 1 rings (SSSR count). The van der Waals surface area contributed by atoms with Crippen LogP contribution in [0, 0.1) is 5.92 Å². The minimum Gasteiger partial charge on any atom is -0.481 e. The molecule has 1 amide bonds. The Hall–Kier alpha value is -0.710. The summed E-state index contributed by atoms with van der Waals surface area (Å²) in [5, 5.41) is 12.2. The molecule has 1 saturated carbocycles. The molecule has 104 valence electrons. The van der Waals surface area contributed by atoms with E-state index in [4.69, 9.17) is 0 Å². The molecule has 1 fully saturated rings. The third-order valence-electron chi connectivity index (χ3n) is 3.51. The molecule has 2 atom stereocenters. The van der Waals surface area contributed by atoms with E-state index in [1.54, 1.807) is 11.8 Å². The van der Waals surface area contributed by atoms with Crippen molar-refractivity contribution in [3.05, 3.63) is 0 Å². The highest BCUT2D eigenvalue weighted by Gasteiger charge is 2.41. The first-order valence-electron chi connectivity index (χ1n) is 6.61. The maximum Gasteiger partial charge on any atom is 0.308 e. The standard InChI is InChI=1S/C13H23NO3S/c1-3-8-18-9-11(15)14-13(2)7-5-4-6-10(13)12(16)17/h10H,3-9H2,1-2H3,(H,14,15)(H,16,17). The van der Waals surface area contributed by atoms with E-state index >= 15 is 0 Å². The SMILES string of the molecule is CCCSCC(=O)NC1(C)CCCCC1C(=O)O. The van der Waals surface area contributed by atoms with Gasteiger partial charge in [0.05, 0.1) is 17.2 Å². The minimum atomic E-state index is -0.793. The topological polar surface area (TPSA) is 66.4 Å². The normalized spacial score (nSPS) is 27.8. The summed E-state index contributed by atoms with van der Waals surface area (Å²) in [7, 11) is 0. The van der Waals surface area contributed by atoms with Crippen LogP contribution in [0.2, 0.25) is 0 Å². The molecule has 5 heteroatoms. The molecule has 0 aromatic carbocycles. The molecule has 1 aliphatic carbocycles. The first-order chi connectivity index (χ1) is 8.49. The second-order valence-electron chi connectivity index (χ2n) is 5.15. The number of thioether (sulfide) groups is 1. The van der Waals surface area contributed by atoms with Crippen molar-refractivity contribution in [2.75, 3.05) is 11.5 Å². The molecule has 4 nitrogen and oxygen atoms in total. The fraction of sp³-hybridized carbons (Fsp3) is 0.846. The van der Waals surface area contributed by atoms with Crippen LogP contribution in [0.4, 0.5) is 0 Å². The lowest BCUT2D eigenvalue weighted by atomic mass is 9.74. The van der Waals surface area contributed by atoms with E-state index in [-0.39, 0.29) is 5.91 Å². The van der Waals surface area contributed by atoms with Crippen LogP contribution in [0.5, 0.6) is 0 Å². The van der Waals surface area contributed by atoms with Crippen molar-refractivity contribution in [1.29, 1.82) is 0 Å². The van der Waals surface area contributed by atoms with E-state index in [1.165, 1.54) is 0 Å². The van der Waals surface area contributed by atoms with Crippen molar-refractivity contribution >= 4 is 23.6 Å². The van der Waals surface area contributed by atoms with Gasteiger partial charge in [-0.2, -0.15) is 11.8 Å². The van der Waals surface area contributed by atoms with Crippen molar-refractivity contribution in [1.82, 2.24) is 5.32 Å². The quantitative estimate of drug-likeness (QED) is 0.729. The van der Waals surface area contributed by atoms with Crippen LogP contribution in [-0.2, 0) is 9.59 Å². The number of carbonyl (C=O) groups excluding carboxylic acids is 1. The van der Waals surface area contributed by atoms with Gasteiger partial charge in [-0.25, -0.2) is 0 Å². The van der Waals surface area contributed by atoms with Gasteiger partial charge in [0, 0.05) is 0 Å². The zero-order valence-electron chi connectivity index (χ0n) is 11.2. The first-order valence-corrected chi connectivity index (χ1v) is 7.76. The van der Waals surface area contributed by atoms with Gasteiger partial charge in [0.2, 0.25) is 5.91 Å². The fourth-order valence-electron chi connectivity index (χ4n) is 2.54. The summed E-state index contributed by atoms with van der Waals surface area (Å²) in [5.74, 6) is 0.108. The summed E-state index contributed by atoms with van der Waals surface area (Å²) in [4.78, 5) is 23.1. The summed E-state index contributed by atoms with van der Waals surface area (Å²) in [6, 6.07) is 0. The van der Waals surface area contributed by atoms with Crippen LogP contribution in [-0.4, -0.2) is 34.0 Å². The lowest BCUT2D eigenvalue weighted by Gasteiger charge is -2.39. The van der Waals surface area contributed by atoms with E-state index in [2.05, 4.69) is 12.2 Å². The fourth-order valence-corrected chi connectivity index (χ4v) is 3.23. The molecule has 0 heterocycles. The van der Waals surface area contributed by atoms with Crippen LogP contribution in [0.1, 0.15) is 46.0 Å². The van der Waals surface area contributed by atoms with Crippen molar-refractivity contribution in [3.63, 3.8) is 0 Å². The Balaban J connectivity index is 2.54. The number of carboxylic acid groups (broad SMARTS) is 1. The Bertz CT molecular complexity index is 309. The largest absolute Gasteiger partial charge is 0.481 e. The highest BCUT2D eigenvalue weighted by atomic mass is 32.2. The molecule has 0 saturated heterocycles. The molecular weight excluding hydrogens is 250 g/mol. The summed E-state index contributed by atoms with van der Waals surface area (Å²) >= 11 is 1.60. The molecule has 2 N–H and O–H groups in total. The van der Waals surface area contributed by atoms with Gasteiger partial charge in [0.15, 0.2) is 0 Å². The minimum absolute atomic E-state index is 0.0379. The third-order valence-corrected chi connectivity index (χ3v) is 4.68. The van der Waals surface area contributed by atoms with Crippen LogP contribution >= 0.6 is 11.8 Å². The monoisotopic (exact) mass is 273 g/mol. The summed E-state index contributed by atoms with van der Waals surface area (Å²) < 4.78 is 0. The van der Waals surface area contributed by atoms with Gasteiger partial charge in [-0.1, -0.05) is 19.8 Å². The van der Waals surface area contributed by atoms with Gasteiger partial charge < -0.3 is 10.4 Å². The number of hydrogen-bond acceptors (Lipinski definition) is 3. The van der Waals surface area contributed by atoms with Gasteiger partial charge in [-0.15, -0.1) is 0 Å². The zero-order valence-corrected chi connectivity index (χ0v) is 12.0. The zero-order chi connectivity index (χ0) is 13.6. The molecule has 0 radical (unpaired) electrons. The Morgan fingerprint density at radius 3 is 2.78 bits per heavy atom. The molecule has 18 heavy (non-hydrogen) atoms. The number of carbonyl (C=O) groups is 2. The predicted octanol–water partition coefficient (Wildman–Crippen LogP) is 2.28. The highest BCUT2D eigenvalue weighted by Crippen LogP contribution is 2.33. The van der Waals surface area contributed by atoms with Crippen LogP contribution in [0.25, 0.3) is 0 Å². The average Bonchev–Trinajstić information content (AvgIpc) is 2.28. The Kier molecular flexibility index (Phi) is 5.99. The number of carboxylic acids is 1. The molecular formula is C13H23NO3S. The third kappa shape index (κ3) is 4.19. The van der Waals surface area contributed by atoms with E-state index in [0.29, 0.717) is 12.2 Å². The van der Waals surface area contributed by atoms with Crippen LogP contribution < -0.4 is 5.32 Å². The van der Waals surface area contributed by atoms with Gasteiger partial charge in [0.25, 0.3) is 0 Å². The Morgan fingerprint density at radius 1 is 1.44 bits per heavy atom. The van der Waals surface area contributed by atoms with Crippen molar-refractivity contribution < 1.29 is 14.7 Å². The summed E-state index contributed by atoms with van der Waals surface area (Å²) in [6.45, 7) is 3.95. The maximum atomic E-state index is 11.8. The molecule has 0 aromatic rings. The molecule has 2 unspecified atom stereocenters. The smallest absolute Gasteiger partial charge is 0.308 e. The second-order valence-corrected chi connectivity index (χ2v) is 6.26. The maximum absolute atomic E-state index is 11.8. The Morgan fingerprint density at radius 2 is 2.17 bits per heavy atom. The number of aliphatic carboxylic acids is 1. The number of amides is 1. The molecule has 1 aliphatic rings. The molecule has 0 bridgehead atoms. The first kappa shape index (κ1) is 15.3. The summed E-state index contributed by atoms with van der Waals surface area (Å²) in [6.07, 6.45) is 4.39. The van der Waals surface area contributed by atoms with Gasteiger partial charge in [0.1, 0.15) is 0 Å². The van der Waals surface area contributed by atoms with E-state index < -0.39 is 17.4 Å². The second kappa shape index (κ2) is 7.02. The predicted molar refractivity (Wildman–Crippen MR) is 73.8 cm³/mol. The number of nitrogens with one attached hydrogen (secondary N) is 1. The Labute approximate surface area is 113 Å².